The second-order valence-electron chi connectivity index (χ2n) is 5.75. The van der Waals surface area contributed by atoms with E-state index in [0.717, 1.165) is 10.4 Å². The molecule has 0 fully saturated rings. The molecule has 0 aliphatic rings. The first-order chi connectivity index (χ1) is 13.0. The van der Waals surface area contributed by atoms with E-state index in [2.05, 4.69) is 9.97 Å². The van der Waals surface area contributed by atoms with E-state index in [1.807, 2.05) is 36.4 Å². The van der Waals surface area contributed by atoms with Crippen molar-refractivity contribution in [1.82, 2.24) is 9.97 Å². The summed E-state index contributed by atoms with van der Waals surface area (Å²) in [5.41, 5.74) is 1.12. The number of fused-ring (bicyclic) bond motifs is 1. The van der Waals surface area contributed by atoms with Gasteiger partial charge in [-0.25, -0.2) is 0 Å². The minimum Gasteiger partial charge on any atom is -0.309 e. The quantitative estimate of drug-likeness (QED) is 0.514. The van der Waals surface area contributed by atoms with Gasteiger partial charge in [0.15, 0.2) is 0 Å². The van der Waals surface area contributed by atoms with Crippen LogP contribution in [0, 0.1) is 0 Å². The van der Waals surface area contributed by atoms with Crippen LogP contribution in [-0.2, 0) is 20.0 Å². The first-order valence-electron chi connectivity index (χ1n) is 8.79. The molecule has 0 atom stereocenters. The zero-order valence-electron chi connectivity index (χ0n) is 15.3. The predicted octanol–water partition coefficient (Wildman–Crippen LogP) is 4.53. The van der Waals surface area contributed by atoms with Crippen molar-refractivity contribution >= 4 is 29.0 Å². The summed E-state index contributed by atoms with van der Waals surface area (Å²) in [5.74, 6) is 0. The SMILES string of the molecule is CCOP(=O)(CCc1cccc(-c2nc(=O)c3ccccc3s2)n1)OCC. The second-order valence-corrected chi connectivity index (χ2v) is 8.97. The third kappa shape index (κ3) is 4.87. The Balaban J connectivity index is 1.86. The molecule has 0 N–H and O–H groups in total. The number of rotatable bonds is 8. The molecule has 0 saturated carbocycles. The maximum Gasteiger partial charge on any atom is 0.331 e. The molecule has 3 rings (SSSR count). The molecule has 8 heteroatoms. The van der Waals surface area contributed by atoms with Crippen molar-refractivity contribution in [3.05, 3.63) is 58.5 Å². The standard InChI is InChI=1S/C19H21N2O4PS/c1-3-24-26(23,25-4-2)13-12-14-8-7-10-16(20-14)19-21-18(22)15-9-5-6-11-17(15)27-19/h5-11H,3-4,12-13H2,1-2H3. The summed E-state index contributed by atoms with van der Waals surface area (Å²) in [6.07, 6.45) is 0.708. The van der Waals surface area contributed by atoms with Crippen molar-refractivity contribution in [3.8, 4) is 10.7 Å². The van der Waals surface area contributed by atoms with Crippen LogP contribution in [0.4, 0.5) is 0 Å². The van der Waals surface area contributed by atoms with Crippen LogP contribution < -0.4 is 5.56 Å². The number of hydrogen-bond donors (Lipinski definition) is 0. The van der Waals surface area contributed by atoms with Gasteiger partial charge in [-0.15, -0.1) is 11.3 Å². The van der Waals surface area contributed by atoms with Crippen molar-refractivity contribution in [2.24, 2.45) is 0 Å². The van der Waals surface area contributed by atoms with Gasteiger partial charge < -0.3 is 9.05 Å². The first-order valence-corrected chi connectivity index (χ1v) is 11.3. The van der Waals surface area contributed by atoms with E-state index >= 15 is 0 Å². The monoisotopic (exact) mass is 404 g/mol. The van der Waals surface area contributed by atoms with Gasteiger partial charge in [0.2, 0.25) is 0 Å². The lowest BCUT2D eigenvalue weighted by Crippen LogP contribution is -2.07. The molecule has 27 heavy (non-hydrogen) atoms. The molecule has 0 spiro atoms. The van der Waals surface area contributed by atoms with Gasteiger partial charge in [0.25, 0.3) is 5.56 Å². The molecule has 0 aliphatic heterocycles. The summed E-state index contributed by atoms with van der Waals surface area (Å²) < 4.78 is 24.1. The molecule has 2 aromatic heterocycles. The summed E-state index contributed by atoms with van der Waals surface area (Å²) >= 11 is 1.42. The van der Waals surface area contributed by atoms with E-state index in [1.165, 1.54) is 11.3 Å². The topological polar surface area (TPSA) is 78.4 Å². The average molecular weight is 404 g/mol. The van der Waals surface area contributed by atoms with Gasteiger partial charge in [0.1, 0.15) is 5.01 Å². The summed E-state index contributed by atoms with van der Waals surface area (Å²) in [7, 11) is -3.12. The number of aryl methyl sites for hydroxylation is 1. The maximum absolute atomic E-state index is 12.6. The highest BCUT2D eigenvalue weighted by atomic mass is 32.1. The first kappa shape index (κ1) is 19.8. The molecule has 0 aliphatic carbocycles. The maximum atomic E-state index is 12.6. The van der Waals surface area contributed by atoms with Crippen molar-refractivity contribution < 1.29 is 13.6 Å². The summed E-state index contributed by atoms with van der Waals surface area (Å²) in [4.78, 5) is 21.0. The minimum atomic E-state index is -3.12. The zero-order valence-corrected chi connectivity index (χ0v) is 17.0. The van der Waals surface area contributed by atoms with E-state index < -0.39 is 7.60 Å². The smallest absolute Gasteiger partial charge is 0.309 e. The molecule has 142 valence electrons. The fourth-order valence-electron chi connectivity index (χ4n) is 2.67. The van der Waals surface area contributed by atoms with Crippen LogP contribution in [0.2, 0.25) is 0 Å². The van der Waals surface area contributed by atoms with E-state index in [1.54, 1.807) is 19.9 Å². The lowest BCUT2D eigenvalue weighted by atomic mass is 10.2. The van der Waals surface area contributed by atoms with E-state index in [-0.39, 0.29) is 11.7 Å². The van der Waals surface area contributed by atoms with Gasteiger partial charge in [-0.05, 0) is 38.1 Å². The highest BCUT2D eigenvalue weighted by molar-refractivity contribution is 7.53. The Morgan fingerprint density at radius 1 is 1.00 bits per heavy atom. The van der Waals surface area contributed by atoms with E-state index in [9.17, 15) is 9.36 Å². The lowest BCUT2D eigenvalue weighted by molar-refractivity contribution is 0.220. The predicted molar refractivity (Wildman–Crippen MR) is 109 cm³/mol. The second kappa shape index (κ2) is 8.85. The van der Waals surface area contributed by atoms with Gasteiger partial charge in [-0.3, -0.25) is 14.3 Å². The Morgan fingerprint density at radius 2 is 1.74 bits per heavy atom. The van der Waals surface area contributed by atoms with Gasteiger partial charge in [-0.2, -0.15) is 4.98 Å². The van der Waals surface area contributed by atoms with Gasteiger partial charge >= 0.3 is 7.60 Å². The fraction of sp³-hybridized carbons (Fsp3) is 0.316. The molecule has 0 bridgehead atoms. The Labute approximate surface area is 161 Å². The Kier molecular flexibility index (Phi) is 6.50. The van der Waals surface area contributed by atoms with Crippen LogP contribution in [0.1, 0.15) is 19.5 Å². The average Bonchev–Trinajstić information content (AvgIpc) is 2.67. The van der Waals surface area contributed by atoms with Crippen molar-refractivity contribution in [3.63, 3.8) is 0 Å². The molecule has 0 unspecified atom stereocenters. The number of nitrogens with zero attached hydrogens (tertiary/aromatic N) is 2. The van der Waals surface area contributed by atoms with E-state index in [4.69, 9.17) is 9.05 Å². The molecule has 2 heterocycles. The van der Waals surface area contributed by atoms with Crippen molar-refractivity contribution in [2.75, 3.05) is 19.4 Å². The molecular weight excluding hydrogens is 383 g/mol. The van der Waals surface area contributed by atoms with E-state index in [0.29, 0.717) is 35.7 Å². The van der Waals surface area contributed by atoms with Crippen LogP contribution >= 0.6 is 18.9 Å². The van der Waals surface area contributed by atoms with Crippen molar-refractivity contribution in [1.29, 1.82) is 0 Å². The Hall–Kier alpha value is -1.92. The molecule has 0 amide bonds. The molecule has 0 saturated heterocycles. The molecular formula is C19H21N2O4PS. The number of aromatic nitrogens is 2. The third-order valence-electron chi connectivity index (χ3n) is 3.85. The zero-order chi connectivity index (χ0) is 19.3. The highest BCUT2D eigenvalue weighted by Crippen LogP contribution is 2.48. The highest BCUT2D eigenvalue weighted by Gasteiger charge is 2.23. The van der Waals surface area contributed by atoms with Gasteiger partial charge in [0.05, 0.1) is 30.5 Å². The number of hydrogen-bond acceptors (Lipinski definition) is 7. The number of pyridine rings is 1. The third-order valence-corrected chi connectivity index (χ3v) is 6.99. The summed E-state index contributed by atoms with van der Waals surface area (Å²) in [5, 5.41) is 1.18. The molecule has 0 radical (unpaired) electrons. The Morgan fingerprint density at radius 3 is 2.48 bits per heavy atom. The summed E-state index contributed by atoms with van der Waals surface area (Å²) in [6.45, 7) is 4.25. The summed E-state index contributed by atoms with van der Waals surface area (Å²) in [6, 6.07) is 12.9. The van der Waals surface area contributed by atoms with Crippen LogP contribution in [0.3, 0.4) is 0 Å². The molecule has 3 aromatic rings. The van der Waals surface area contributed by atoms with Crippen molar-refractivity contribution in [2.45, 2.75) is 20.3 Å². The van der Waals surface area contributed by atoms with Crippen LogP contribution in [0.15, 0.2) is 47.3 Å². The number of benzene rings is 1. The minimum absolute atomic E-state index is 0.256. The normalized spacial score (nSPS) is 11.8. The molecule has 1 aromatic carbocycles. The van der Waals surface area contributed by atoms with Crippen LogP contribution in [0.25, 0.3) is 20.8 Å². The van der Waals surface area contributed by atoms with Crippen LogP contribution in [-0.4, -0.2) is 29.3 Å². The van der Waals surface area contributed by atoms with Gasteiger partial charge in [-0.1, -0.05) is 18.2 Å². The fourth-order valence-corrected chi connectivity index (χ4v) is 5.26. The largest absolute Gasteiger partial charge is 0.331 e. The molecule has 6 nitrogen and oxygen atoms in total. The lowest BCUT2D eigenvalue weighted by Gasteiger charge is -2.16. The Bertz CT molecular complexity index is 1030. The van der Waals surface area contributed by atoms with Gasteiger partial charge in [0, 0.05) is 16.8 Å². The van der Waals surface area contributed by atoms with Crippen LogP contribution in [0.5, 0.6) is 0 Å².